The van der Waals surface area contributed by atoms with E-state index in [1.807, 2.05) is 12.1 Å². The van der Waals surface area contributed by atoms with Gasteiger partial charge in [0.15, 0.2) is 0 Å². The topological polar surface area (TPSA) is 92.9 Å². The maximum Gasteiger partial charge on any atom is 0.226 e. The molecule has 0 spiro atoms. The lowest BCUT2D eigenvalue weighted by Gasteiger charge is -2.29. The van der Waals surface area contributed by atoms with Gasteiger partial charge in [-0.3, -0.25) is 0 Å². The molecule has 29 heavy (non-hydrogen) atoms. The van der Waals surface area contributed by atoms with Crippen LogP contribution in [0.2, 0.25) is 0 Å². The number of ether oxygens (including phenoxy) is 3. The van der Waals surface area contributed by atoms with Gasteiger partial charge >= 0.3 is 0 Å². The molecule has 0 amide bonds. The SMILES string of the molecule is N#Cc1cc2c(c(OC3CCOCC3)n1)C(c1ccnc(N3CCOCC3)c1)=N2. The predicted molar refractivity (Wildman–Crippen MR) is 106 cm³/mol. The summed E-state index contributed by atoms with van der Waals surface area (Å²) in [6, 6.07) is 7.80. The van der Waals surface area contributed by atoms with Crippen LogP contribution in [0.3, 0.4) is 0 Å². The Morgan fingerprint density at radius 3 is 2.69 bits per heavy atom. The molecule has 0 bridgehead atoms. The molecule has 5 heterocycles. The van der Waals surface area contributed by atoms with Crippen molar-refractivity contribution in [3.05, 3.63) is 41.2 Å². The molecule has 148 valence electrons. The summed E-state index contributed by atoms with van der Waals surface area (Å²) in [5.74, 6) is 1.40. The Morgan fingerprint density at radius 1 is 1.10 bits per heavy atom. The van der Waals surface area contributed by atoms with Gasteiger partial charge in [-0.15, -0.1) is 0 Å². The molecule has 5 rings (SSSR count). The van der Waals surface area contributed by atoms with Gasteiger partial charge in [0.25, 0.3) is 0 Å². The highest BCUT2D eigenvalue weighted by atomic mass is 16.5. The van der Waals surface area contributed by atoms with Crippen LogP contribution in [-0.4, -0.2) is 61.3 Å². The second kappa shape index (κ2) is 7.78. The van der Waals surface area contributed by atoms with Gasteiger partial charge < -0.3 is 19.1 Å². The number of nitrogens with zero attached hydrogens (tertiary/aromatic N) is 5. The first-order valence-electron chi connectivity index (χ1n) is 9.89. The van der Waals surface area contributed by atoms with E-state index in [9.17, 15) is 5.26 Å². The minimum absolute atomic E-state index is 0.0393. The zero-order chi connectivity index (χ0) is 19.6. The van der Waals surface area contributed by atoms with E-state index in [1.54, 1.807) is 12.3 Å². The van der Waals surface area contributed by atoms with E-state index in [2.05, 4.69) is 25.9 Å². The summed E-state index contributed by atoms with van der Waals surface area (Å²) in [5, 5.41) is 9.31. The maximum atomic E-state index is 9.31. The summed E-state index contributed by atoms with van der Waals surface area (Å²) >= 11 is 0. The van der Waals surface area contributed by atoms with Crippen molar-refractivity contribution in [2.75, 3.05) is 44.4 Å². The van der Waals surface area contributed by atoms with Crippen molar-refractivity contribution in [3.8, 4) is 11.9 Å². The standard InChI is InChI=1S/C21H21N5O3/c22-13-15-12-17-19(21(24-15)29-16-2-7-27-8-3-16)20(25-17)14-1-4-23-18(11-14)26-5-9-28-10-6-26/h1,4,11-12,16H,2-3,5-10H2. The van der Waals surface area contributed by atoms with Crippen molar-refractivity contribution in [2.24, 2.45) is 4.99 Å². The van der Waals surface area contributed by atoms with Crippen molar-refractivity contribution in [3.63, 3.8) is 0 Å². The summed E-state index contributed by atoms with van der Waals surface area (Å²) in [7, 11) is 0. The molecule has 2 fully saturated rings. The Balaban J connectivity index is 1.45. The minimum Gasteiger partial charge on any atom is -0.474 e. The largest absolute Gasteiger partial charge is 0.474 e. The summed E-state index contributed by atoms with van der Waals surface area (Å²) in [5.41, 5.74) is 3.73. The molecule has 0 N–H and O–H groups in total. The third-order valence-electron chi connectivity index (χ3n) is 5.35. The molecule has 2 saturated heterocycles. The van der Waals surface area contributed by atoms with Gasteiger partial charge in [0.2, 0.25) is 5.88 Å². The molecule has 0 aromatic carbocycles. The summed E-state index contributed by atoms with van der Waals surface area (Å²) in [6.45, 7) is 4.42. The van der Waals surface area contributed by atoms with E-state index in [0.717, 1.165) is 54.3 Å². The van der Waals surface area contributed by atoms with Crippen LogP contribution < -0.4 is 9.64 Å². The van der Waals surface area contributed by atoms with E-state index < -0.39 is 0 Å². The van der Waals surface area contributed by atoms with Crippen molar-refractivity contribution in [2.45, 2.75) is 18.9 Å². The van der Waals surface area contributed by atoms with Crippen LogP contribution in [0.1, 0.15) is 29.7 Å². The van der Waals surface area contributed by atoms with E-state index in [1.165, 1.54) is 0 Å². The lowest BCUT2D eigenvalue weighted by molar-refractivity contribution is 0.0236. The van der Waals surface area contributed by atoms with Gasteiger partial charge in [-0.2, -0.15) is 5.26 Å². The Hall–Kier alpha value is -3.02. The summed E-state index contributed by atoms with van der Waals surface area (Å²) < 4.78 is 17.0. The van der Waals surface area contributed by atoms with Gasteiger partial charge in [-0.1, -0.05) is 0 Å². The van der Waals surface area contributed by atoms with Crippen molar-refractivity contribution < 1.29 is 14.2 Å². The van der Waals surface area contributed by atoms with E-state index in [4.69, 9.17) is 14.2 Å². The zero-order valence-electron chi connectivity index (χ0n) is 16.0. The van der Waals surface area contributed by atoms with E-state index >= 15 is 0 Å². The molecular formula is C21H21N5O3. The van der Waals surface area contributed by atoms with Gasteiger partial charge in [0, 0.05) is 43.8 Å². The van der Waals surface area contributed by atoms with Crippen molar-refractivity contribution in [1.82, 2.24) is 9.97 Å². The number of anilines is 1. The quantitative estimate of drug-likeness (QED) is 0.673. The van der Waals surface area contributed by atoms with Gasteiger partial charge in [-0.25, -0.2) is 15.0 Å². The number of hydrogen-bond acceptors (Lipinski definition) is 8. The fraction of sp³-hybridized carbons (Fsp3) is 0.429. The average molecular weight is 391 g/mol. The molecule has 3 aliphatic rings. The average Bonchev–Trinajstić information content (AvgIpc) is 2.76. The Kier molecular flexibility index (Phi) is 4.84. The maximum absolute atomic E-state index is 9.31. The molecule has 0 aliphatic carbocycles. The Bertz CT molecular complexity index is 988. The second-order valence-electron chi connectivity index (χ2n) is 7.21. The first kappa shape index (κ1) is 18.0. The fourth-order valence-corrected chi connectivity index (χ4v) is 3.78. The minimum atomic E-state index is 0.0393. The second-order valence-corrected chi connectivity index (χ2v) is 7.21. The highest BCUT2D eigenvalue weighted by molar-refractivity contribution is 6.23. The molecule has 8 nitrogen and oxygen atoms in total. The van der Waals surface area contributed by atoms with Gasteiger partial charge in [0.1, 0.15) is 23.7 Å². The third-order valence-corrected chi connectivity index (χ3v) is 5.35. The highest BCUT2D eigenvalue weighted by Crippen LogP contribution is 2.40. The van der Waals surface area contributed by atoms with Crippen LogP contribution in [0, 0.1) is 11.3 Å². The Morgan fingerprint density at radius 2 is 1.90 bits per heavy atom. The smallest absolute Gasteiger partial charge is 0.226 e. The van der Waals surface area contributed by atoms with Gasteiger partial charge in [0.05, 0.1) is 43.4 Å². The van der Waals surface area contributed by atoms with Crippen molar-refractivity contribution >= 4 is 17.2 Å². The molecule has 3 aliphatic heterocycles. The Labute approximate surface area is 168 Å². The molecule has 8 heteroatoms. The predicted octanol–water partition coefficient (Wildman–Crippen LogP) is 2.23. The number of hydrogen-bond donors (Lipinski definition) is 0. The molecule has 0 unspecified atom stereocenters. The molecule has 0 atom stereocenters. The van der Waals surface area contributed by atoms with Crippen LogP contribution in [0.5, 0.6) is 5.88 Å². The van der Waals surface area contributed by atoms with E-state index in [-0.39, 0.29) is 6.10 Å². The zero-order valence-corrected chi connectivity index (χ0v) is 16.0. The third kappa shape index (κ3) is 3.55. The number of fused-ring (bicyclic) bond motifs is 1. The van der Waals surface area contributed by atoms with Crippen LogP contribution in [0.25, 0.3) is 0 Å². The molecule has 0 saturated carbocycles. The molecule has 2 aromatic heterocycles. The van der Waals surface area contributed by atoms with Crippen LogP contribution in [0.15, 0.2) is 29.4 Å². The van der Waals surface area contributed by atoms with E-state index in [0.29, 0.717) is 38.0 Å². The lowest BCUT2D eigenvalue weighted by atomic mass is 9.96. The first-order valence-corrected chi connectivity index (χ1v) is 9.89. The number of morpholine rings is 1. The van der Waals surface area contributed by atoms with Crippen LogP contribution in [-0.2, 0) is 9.47 Å². The fourth-order valence-electron chi connectivity index (χ4n) is 3.78. The number of aliphatic imine (C=N–C) groups is 1. The molecule has 2 aromatic rings. The normalized spacial score (nSPS) is 19.0. The monoisotopic (exact) mass is 391 g/mol. The van der Waals surface area contributed by atoms with Gasteiger partial charge in [-0.05, 0) is 12.1 Å². The lowest BCUT2D eigenvalue weighted by Crippen LogP contribution is -2.36. The number of pyridine rings is 2. The number of nitriles is 1. The molecule has 0 radical (unpaired) electrons. The highest BCUT2D eigenvalue weighted by Gasteiger charge is 2.30. The molecular weight excluding hydrogens is 370 g/mol. The van der Waals surface area contributed by atoms with Crippen LogP contribution >= 0.6 is 0 Å². The summed E-state index contributed by atoms with van der Waals surface area (Å²) in [6.07, 6.45) is 3.47. The number of aromatic nitrogens is 2. The van der Waals surface area contributed by atoms with Crippen LogP contribution in [0.4, 0.5) is 11.5 Å². The first-order chi connectivity index (χ1) is 14.3. The summed E-state index contributed by atoms with van der Waals surface area (Å²) in [4.78, 5) is 15.8. The van der Waals surface area contributed by atoms with Crippen molar-refractivity contribution in [1.29, 1.82) is 5.26 Å². The number of rotatable bonds is 4.